The van der Waals surface area contributed by atoms with E-state index in [-0.39, 0.29) is 5.97 Å². The number of pyridine rings is 10. The summed E-state index contributed by atoms with van der Waals surface area (Å²) in [6.45, 7) is 2.28. The van der Waals surface area contributed by atoms with Gasteiger partial charge in [0.05, 0.1) is 33.7 Å². The molecular weight excluding hydrogens is 1080 g/mol. The Morgan fingerprint density at radius 3 is 1.27 bits per heavy atom. The summed E-state index contributed by atoms with van der Waals surface area (Å²) in [4.78, 5) is 78.3. The molecule has 13 rings (SSSR count). The lowest BCUT2D eigenvalue weighted by molar-refractivity contribution is -0.148. The van der Waals surface area contributed by atoms with E-state index in [1.54, 1.807) is 98.4 Å². The number of rotatable bonds is 10. The Bertz CT molecular complexity index is 3690. The Balaban J connectivity index is 0.000000121. The van der Waals surface area contributed by atoms with Crippen molar-refractivity contribution in [3.8, 4) is 0 Å². The number of ether oxygens (including phenoxy) is 1. The molecule has 0 aliphatic heterocycles. The third-order valence-corrected chi connectivity index (χ3v) is 18.7. The van der Waals surface area contributed by atoms with Gasteiger partial charge in [-0.05, 0) is 125 Å². The number of aromatic nitrogens is 10. The van der Waals surface area contributed by atoms with Gasteiger partial charge in [-0.2, -0.15) is 0 Å². The zero-order valence-electron chi connectivity index (χ0n) is 42.1. The van der Waals surface area contributed by atoms with Crippen molar-refractivity contribution in [2.45, 2.75) is 93.6 Å². The maximum Gasteiger partial charge on any atom is 0.322 e. The van der Waals surface area contributed by atoms with Gasteiger partial charge in [0.2, 0.25) is 0 Å². The summed E-state index contributed by atoms with van der Waals surface area (Å²) >= 11 is 15.4. The first-order valence-corrected chi connectivity index (χ1v) is 28.2. The second kappa shape index (κ2) is 25.5. The molecule has 0 radical (unpaired) electrons. The molecule has 16 nitrogen and oxygen atoms in total. The van der Waals surface area contributed by atoms with Gasteiger partial charge in [-0.3, -0.25) is 59.2 Å². The lowest BCUT2D eigenvalue weighted by Crippen LogP contribution is -2.43. The number of carboxylic acid groups (broad SMARTS) is 2. The van der Waals surface area contributed by atoms with Crippen molar-refractivity contribution in [1.29, 1.82) is 0 Å². The monoisotopic (exact) mass is 1130 g/mol. The molecule has 10 heterocycles. The van der Waals surface area contributed by atoms with Crippen LogP contribution in [0.4, 0.5) is 0 Å². The molecule has 3 saturated carbocycles. The molecule has 0 saturated heterocycles. The summed E-state index contributed by atoms with van der Waals surface area (Å²) in [5, 5.41) is 24.2. The van der Waals surface area contributed by atoms with Crippen LogP contribution in [0.15, 0.2) is 168 Å². The first kappa shape index (κ1) is 55.5. The third-order valence-electron chi connectivity index (χ3n) is 13.4. The standard InChI is InChI=1S/C15H16N2O2S.2C13H12N2O2S.C8H5ClN2.C8H6N2S/c1-2-19-14(18)15(6-3-7-15)20-13-5-9-17-12-4-8-16-10-11(12)13;2*16-12(17)13(4-1-5-13)18-11-3-7-15-10-2-6-14-8-9(10)11;9-7-1-4-11-8-2-3-10-5-6(7)8;11-8-2-4-10-7-1-3-9-5-6(7)8/h4-5,8-10H,2-3,6-7H2,1H3;2*2-3,6-8H,1,4-5H2,(H,16,17);1-5H;1-5H,(H,10,11). The van der Waals surface area contributed by atoms with Crippen LogP contribution < -0.4 is 0 Å². The van der Waals surface area contributed by atoms with Gasteiger partial charge in [-0.15, -0.1) is 35.3 Å². The van der Waals surface area contributed by atoms with Crippen LogP contribution in [0.5, 0.6) is 0 Å². The molecule has 396 valence electrons. The van der Waals surface area contributed by atoms with Crippen molar-refractivity contribution in [1.82, 2.24) is 49.8 Å². The summed E-state index contributed by atoms with van der Waals surface area (Å²) in [5.41, 5.74) is 4.54. The number of hydrogen-bond donors (Lipinski definition) is 3. The fraction of sp³-hybridized carbons (Fsp3) is 0.246. The van der Waals surface area contributed by atoms with E-state index in [9.17, 15) is 24.6 Å². The zero-order chi connectivity index (χ0) is 54.5. The van der Waals surface area contributed by atoms with Crippen molar-refractivity contribution in [3.63, 3.8) is 0 Å². The summed E-state index contributed by atoms with van der Waals surface area (Å²) in [6, 6.07) is 18.6. The number of carbonyl (C=O) groups excluding carboxylic acids is 1. The highest BCUT2D eigenvalue weighted by Gasteiger charge is 2.48. The van der Waals surface area contributed by atoms with Gasteiger partial charge in [-0.25, -0.2) is 0 Å². The van der Waals surface area contributed by atoms with Gasteiger partial charge >= 0.3 is 17.9 Å². The number of carbonyl (C=O) groups is 3. The van der Waals surface area contributed by atoms with Crippen molar-refractivity contribution in [3.05, 3.63) is 163 Å². The highest BCUT2D eigenvalue weighted by Crippen LogP contribution is 2.51. The molecule has 0 spiro atoms. The molecule has 3 fully saturated rings. The molecule has 10 aromatic rings. The normalized spacial score (nSPS) is 15.2. The molecule has 0 atom stereocenters. The summed E-state index contributed by atoms with van der Waals surface area (Å²) in [6.07, 6.45) is 33.8. The average molecular weight is 1140 g/mol. The van der Waals surface area contributed by atoms with Crippen molar-refractivity contribution in [2.75, 3.05) is 6.61 Å². The fourth-order valence-electron chi connectivity index (χ4n) is 8.59. The molecule has 0 unspecified atom stereocenters. The lowest BCUT2D eigenvalue weighted by atomic mass is 9.84. The molecule has 0 bridgehead atoms. The number of halogens is 1. The predicted molar refractivity (Wildman–Crippen MR) is 309 cm³/mol. The van der Waals surface area contributed by atoms with Gasteiger partial charge in [0, 0.05) is 145 Å². The molecule has 78 heavy (non-hydrogen) atoms. The quantitative estimate of drug-likeness (QED) is 0.0853. The minimum absolute atomic E-state index is 0.0925. The molecule has 10 aromatic heterocycles. The fourth-order valence-corrected chi connectivity index (χ4v) is 13.3. The van der Waals surface area contributed by atoms with Gasteiger partial charge in [0.15, 0.2) is 0 Å². The lowest BCUT2D eigenvalue weighted by Gasteiger charge is -2.38. The van der Waals surface area contributed by atoms with E-state index in [0.29, 0.717) is 11.6 Å². The number of aliphatic carboxylic acids is 2. The van der Waals surface area contributed by atoms with Crippen LogP contribution in [0.2, 0.25) is 5.02 Å². The van der Waals surface area contributed by atoms with Crippen molar-refractivity contribution in [2.24, 2.45) is 0 Å². The number of H-pyrrole nitrogens is 1. The van der Waals surface area contributed by atoms with E-state index in [0.717, 1.165) is 131 Å². The maximum absolute atomic E-state index is 12.2. The molecular formula is C57H51ClN10O6S4. The van der Waals surface area contributed by atoms with E-state index in [1.807, 2.05) is 73.9 Å². The number of esters is 1. The second-order valence-corrected chi connectivity index (χ2v) is 23.4. The summed E-state index contributed by atoms with van der Waals surface area (Å²) < 4.78 is 4.37. The van der Waals surface area contributed by atoms with E-state index in [1.165, 1.54) is 23.5 Å². The van der Waals surface area contributed by atoms with Crippen LogP contribution in [0.3, 0.4) is 0 Å². The Morgan fingerprint density at radius 2 is 0.897 bits per heavy atom. The molecule has 21 heteroatoms. The van der Waals surface area contributed by atoms with Crippen LogP contribution in [0.25, 0.3) is 54.5 Å². The Morgan fingerprint density at radius 1 is 0.526 bits per heavy atom. The minimum atomic E-state index is -0.715. The molecule has 3 N–H and O–H groups in total. The molecule has 0 amide bonds. The maximum atomic E-state index is 12.2. The number of aromatic amines is 1. The number of hydrogen-bond acceptors (Lipinski definition) is 17. The average Bonchev–Trinajstić information content (AvgIpc) is 3.51. The Kier molecular flexibility index (Phi) is 18.1. The van der Waals surface area contributed by atoms with Crippen LogP contribution in [0, 0.1) is 4.51 Å². The Hall–Kier alpha value is -7.23. The largest absolute Gasteiger partial charge is 0.480 e. The number of thioether (sulfide) groups is 3. The molecule has 3 aliphatic rings. The van der Waals surface area contributed by atoms with E-state index >= 15 is 0 Å². The predicted octanol–water partition coefficient (Wildman–Crippen LogP) is 13.2. The SMILES string of the molecule is CCOC(=O)C1(Sc2ccnc3ccncc23)CCC1.Clc1ccnc2ccncc12.O=C(O)C1(Sc2ccnc3ccncc23)CCC1.O=C(O)C1(Sc2ccnc3ccncc23)CCC1.S=c1cc[nH]c2ccncc12. The van der Waals surface area contributed by atoms with Gasteiger partial charge in [0.1, 0.15) is 14.2 Å². The number of nitrogens with one attached hydrogen (secondary N) is 1. The van der Waals surface area contributed by atoms with Gasteiger partial charge in [-0.1, -0.05) is 23.8 Å². The highest BCUT2D eigenvalue weighted by molar-refractivity contribution is 8.02. The van der Waals surface area contributed by atoms with Crippen molar-refractivity contribution >= 4 is 132 Å². The molecule has 3 aliphatic carbocycles. The minimum Gasteiger partial charge on any atom is -0.480 e. The third kappa shape index (κ3) is 12.7. The first-order valence-electron chi connectivity index (χ1n) is 25.0. The van der Waals surface area contributed by atoms with Crippen molar-refractivity contribution < 1.29 is 29.3 Å². The van der Waals surface area contributed by atoms with E-state index < -0.39 is 26.2 Å². The van der Waals surface area contributed by atoms with Crippen LogP contribution >= 0.6 is 59.1 Å². The van der Waals surface area contributed by atoms with Crippen LogP contribution in [-0.2, 0) is 19.1 Å². The smallest absolute Gasteiger partial charge is 0.322 e. The Labute approximate surface area is 471 Å². The van der Waals surface area contributed by atoms with Crippen LogP contribution in [-0.4, -0.2) is 98.8 Å². The van der Waals surface area contributed by atoms with Crippen LogP contribution in [0.1, 0.15) is 64.7 Å². The number of nitrogens with zero attached hydrogens (tertiary/aromatic N) is 9. The zero-order valence-corrected chi connectivity index (χ0v) is 46.1. The topological polar surface area (TPSA) is 233 Å². The van der Waals surface area contributed by atoms with E-state index in [4.69, 9.17) is 28.6 Å². The highest BCUT2D eigenvalue weighted by atomic mass is 35.5. The van der Waals surface area contributed by atoms with Gasteiger partial charge in [0.25, 0.3) is 0 Å². The molecule has 0 aromatic carbocycles. The van der Waals surface area contributed by atoms with E-state index in [2.05, 4.69) is 49.8 Å². The summed E-state index contributed by atoms with van der Waals surface area (Å²) in [7, 11) is 0. The first-order chi connectivity index (χ1) is 37.9. The van der Waals surface area contributed by atoms with Gasteiger partial charge < -0.3 is 19.9 Å². The number of carboxylic acids is 2. The number of fused-ring (bicyclic) bond motifs is 5. The summed E-state index contributed by atoms with van der Waals surface area (Å²) in [5.74, 6) is -1.52. The second-order valence-electron chi connectivity index (χ2n) is 18.2.